The van der Waals surface area contributed by atoms with Crippen molar-refractivity contribution in [1.29, 1.82) is 0 Å². The number of amides is 3. The first-order valence-corrected chi connectivity index (χ1v) is 7.57. The first-order chi connectivity index (χ1) is 10.8. The fourth-order valence-electron chi connectivity index (χ4n) is 3.25. The molecule has 8 heteroatoms. The third kappa shape index (κ3) is 1.94. The van der Waals surface area contributed by atoms with Crippen LogP contribution in [0.25, 0.3) is 0 Å². The number of amidine groups is 1. The number of ketones is 1. The van der Waals surface area contributed by atoms with Gasteiger partial charge < -0.3 is 0 Å². The second-order valence-electron chi connectivity index (χ2n) is 5.93. The van der Waals surface area contributed by atoms with Gasteiger partial charge in [-0.05, 0) is 27.7 Å². The van der Waals surface area contributed by atoms with Crippen LogP contribution < -0.4 is 4.57 Å². The molecule has 23 heavy (non-hydrogen) atoms. The van der Waals surface area contributed by atoms with Crippen molar-refractivity contribution in [2.24, 2.45) is 4.99 Å². The number of carbonyl (C=O) groups is 3. The van der Waals surface area contributed by atoms with Gasteiger partial charge in [0.25, 0.3) is 5.91 Å². The van der Waals surface area contributed by atoms with Crippen LogP contribution >= 0.6 is 0 Å². The van der Waals surface area contributed by atoms with Gasteiger partial charge in [0.1, 0.15) is 17.2 Å². The third-order valence-electron chi connectivity index (χ3n) is 4.52. The van der Waals surface area contributed by atoms with E-state index >= 15 is 0 Å². The molecule has 0 radical (unpaired) electrons. The maximum absolute atomic E-state index is 12.8. The second-order valence-corrected chi connectivity index (χ2v) is 5.93. The van der Waals surface area contributed by atoms with Gasteiger partial charge >= 0.3 is 12.0 Å². The summed E-state index contributed by atoms with van der Waals surface area (Å²) in [6.45, 7) is 7.79. The Labute approximate surface area is 134 Å². The number of likely N-dealkylation sites (N-methyl/N-ethyl adjacent to an activating group) is 1. The zero-order valence-electron chi connectivity index (χ0n) is 14.0. The molecule has 0 N–H and O–H groups in total. The molecule has 0 aromatic carbocycles. The Morgan fingerprint density at radius 3 is 2.52 bits per heavy atom. The van der Waals surface area contributed by atoms with E-state index in [0.717, 1.165) is 22.8 Å². The fourth-order valence-corrected chi connectivity index (χ4v) is 3.25. The number of imide groups is 1. The van der Waals surface area contributed by atoms with Crippen LogP contribution in [-0.4, -0.2) is 51.5 Å². The molecular formula is C15H20N5O3+. The zero-order chi connectivity index (χ0) is 17.0. The molecule has 2 aliphatic rings. The minimum atomic E-state index is -0.682. The minimum Gasteiger partial charge on any atom is -0.298 e. The summed E-state index contributed by atoms with van der Waals surface area (Å²) in [6, 6.07) is -1.19. The monoisotopic (exact) mass is 318 g/mol. The van der Waals surface area contributed by atoms with Gasteiger partial charge in [-0.2, -0.15) is 0 Å². The minimum absolute atomic E-state index is 0.214. The fraction of sp³-hybridized carbons (Fsp3) is 0.533. The summed E-state index contributed by atoms with van der Waals surface area (Å²) < 4.78 is 3.87. The zero-order valence-corrected chi connectivity index (χ0v) is 14.0. The van der Waals surface area contributed by atoms with Crippen molar-refractivity contribution in [3.8, 4) is 0 Å². The van der Waals surface area contributed by atoms with E-state index in [1.165, 1.54) is 11.8 Å². The van der Waals surface area contributed by atoms with Crippen molar-refractivity contribution in [1.82, 2.24) is 14.4 Å². The molecule has 1 saturated heterocycles. The second kappa shape index (κ2) is 5.00. The van der Waals surface area contributed by atoms with Gasteiger partial charge in [0.2, 0.25) is 11.9 Å². The van der Waals surface area contributed by atoms with E-state index in [1.807, 2.05) is 29.9 Å². The molecule has 0 saturated carbocycles. The highest BCUT2D eigenvalue weighted by Gasteiger charge is 2.54. The lowest BCUT2D eigenvalue weighted by Gasteiger charge is -2.32. The number of carbonyl (C=O) groups excluding carboxylic acids is 3. The topological polar surface area (TPSA) is 78.9 Å². The Morgan fingerprint density at radius 1 is 1.30 bits per heavy atom. The highest BCUT2D eigenvalue weighted by Crippen LogP contribution is 2.34. The average Bonchev–Trinajstić information content (AvgIpc) is 2.98. The van der Waals surface area contributed by atoms with Crippen LogP contribution in [0.3, 0.4) is 0 Å². The molecule has 1 aromatic heterocycles. The quantitative estimate of drug-likeness (QED) is 0.760. The van der Waals surface area contributed by atoms with Crippen molar-refractivity contribution in [2.75, 3.05) is 13.6 Å². The van der Waals surface area contributed by atoms with Crippen LogP contribution in [0, 0.1) is 13.8 Å². The number of aliphatic imine (C=N–C) groups is 1. The average molecular weight is 318 g/mol. The summed E-state index contributed by atoms with van der Waals surface area (Å²) in [7, 11) is 1.58. The van der Waals surface area contributed by atoms with Crippen molar-refractivity contribution >= 4 is 29.5 Å². The Hall–Kier alpha value is -2.51. The smallest absolute Gasteiger partial charge is 0.298 e. The highest BCUT2D eigenvalue weighted by atomic mass is 16.2. The summed E-state index contributed by atoms with van der Waals surface area (Å²) in [5, 5.41) is 0. The van der Waals surface area contributed by atoms with Gasteiger partial charge in [-0.1, -0.05) is 4.99 Å². The molecule has 0 bridgehead atoms. The summed E-state index contributed by atoms with van der Waals surface area (Å²) in [5.41, 5.74) is 1.97. The summed E-state index contributed by atoms with van der Waals surface area (Å²) in [6.07, 6.45) is 0. The van der Waals surface area contributed by atoms with Gasteiger partial charge in [0, 0.05) is 7.05 Å². The molecule has 1 atom stereocenters. The molecule has 3 amide bonds. The number of hydrogen-bond donors (Lipinski definition) is 0. The van der Waals surface area contributed by atoms with Crippen molar-refractivity contribution < 1.29 is 19.0 Å². The number of fused-ring (bicyclic) bond motifs is 3. The number of Topliss-reactive ketones (excluding diaryl/α,β-unsaturated/α-hetero) is 1. The summed E-state index contributed by atoms with van der Waals surface area (Å²) in [5.74, 6) is 0.449. The molecular weight excluding hydrogens is 298 g/mol. The molecule has 122 valence electrons. The Kier molecular flexibility index (Phi) is 3.35. The lowest BCUT2D eigenvalue weighted by Crippen LogP contribution is -2.58. The Bertz CT molecular complexity index is 777. The van der Waals surface area contributed by atoms with E-state index in [9.17, 15) is 14.4 Å². The first kappa shape index (κ1) is 15.4. The van der Waals surface area contributed by atoms with E-state index < -0.39 is 18.0 Å². The third-order valence-corrected chi connectivity index (χ3v) is 4.52. The SMILES string of the molecule is CC[n+]1c(C)c(C)n2c1N=C1C2C(=O)N(CC(C)=O)C(=O)N1C. The highest BCUT2D eigenvalue weighted by molar-refractivity contribution is 6.21. The van der Waals surface area contributed by atoms with Gasteiger partial charge in [0.15, 0.2) is 0 Å². The number of urea groups is 1. The molecule has 0 spiro atoms. The predicted octanol–water partition coefficient (Wildman–Crippen LogP) is 0.480. The van der Waals surface area contributed by atoms with Crippen LogP contribution in [0.2, 0.25) is 0 Å². The van der Waals surface area contributed by atoms with Gasteiger partial charge in [-0.15, -0.1) is 0 Å². The number of hydrogen-bond acceptors (Lipinski definition) is 4. The molecule has 0 aliphatic carbocycles. The maximum Gasteiger partial charge on any atom is 0.402 e. The molecule has 8 nitrogen and oxygen atoms in total. The number of aromatic nitrogens is 2. The lowest BCUT2D eigenvalue weighted by atomic mass is 10.1. The number of rotatable bonds is 3. The largest absolute Gasteiger partial charge is 0.402 e. The van der Waals surface area contributed by atoms with Gasteiger partial charge in [-0.3, -0.25) is 19.4 Å². The number of nitrogens with zero attached hydrogens (tertiary/aromatic N) is 5. The normalized spacial score (nSPS) is 19.9. The Balaban J connectivity index is 2.15. The van der Waals surface area contributed by atoms with E-state index in [2.05, 4.69) is 4.99 Å². The van der Waals surface area contributed by atoms with Crippen LogP contribution in [0.4, 0.5) is 10.7 Å². The van der Waals surface area contributed by atoms with Crippen LogP contribution in [-0.2, 0) is 16.1 Å². The summed E-state index contributed by atoms with van der Waals surface area (Å²) in [4.78, 5) is 43.5. The van der Waals surface area contributed by atoms with Crippen molar-refractivity contribution in [3.63, 3.8) is 0 Å². The standard InChI is InChI=1S/C15H20N5O3/c1-6-18-9(3)10(4)20-11-12(16-14(18)20)17(5)15(23)19(13(11)22)7-8(2)21/h11H,6-7H2,1-5H3/q+1. The van der Waals surface area contributed by atoms with Gasteiger partial charge in [-0.25, -0.2) is 13.9 Å². The predicted molar refractivity (Wildman–Crippen MR) is 81.5 cm³/mol. The van der Waals surface area contributed by atoms with E-state index in [-0.39, 0.29) is 12.3 Å². The summed E-state index contributed by atoms with van der Waals surface area (Å²) >= 11 is 0. The molecule has 3 heterocycles. The van der Waals surface area contributed by atoms with Crippen molar-refractivity contribution in [2.45, 2.75) is 40.3 Å². The van der Waals surface area contributed by atoms with Crippen LogP contribution in [0.1, 0.15) is 31.3 Å². The molecule has 1 fully saturated rings. The molecule has 3 rings (SSSR count). The number of imidazole rings is 1. The van der Waals surface area contributed by atoms with E-state index in [0.29, 0.717) is 11.8 Å². The molecule has 2 aliphatic heterocycles. The molecule has 1 aromatic rings. The van der Waals surface area contributed by atoms with E-state index in [4.69, 9.17) is 0 Å². The first-order valence-electron chi connectivity index (χ1n) is 7.57. The van der Waals surface area contributed by atoms with Gasteiger partial charge in [0.05, 0.1) is 13.1 Å². The van der Waals surface area contributed by atoms with Crippen LogP contribution in [0.15, 0.2) is 4.99 Å². The van der Waals surface area contributed by atoms with Crippen LogP contribution in [0.5, 0.6) is 0 Å². The Morgan fingerprint density at radius 2 is 1.96 bits per heavy atom. The maximum atomic E-state index is 12.8. The lowest BCUT2D eigenvalue weighted by molar-refractivity contribution is -0.685. The van der Waals surface area contributed by atoms with Crippen molar-refractivity contribution in [3.05, 3.63) is 11.4 Å². The van der Waals surface area contributed by atoms with E-state index in [1.54, 1.807) is 7.05 Å². The molecule has 1 unspecified atom stereocenters.